The molecule has 32 heavy (non-hydrogen) atoms. The molecule has 2 aliphatic rings. The minimum Gasteiger partial charge on any atom is -0.0895 e. The van der Waals surface area contributed by atoms with Crippen molar-refractivity contribution in [3.8, 4) is 0 Å². The maximum absolute atomic E-state index is 2.35. The second-order valence-corrected chi connectivity index (χ2v) is 9.87. The standard InChI is InChI=1S/C18H16.C13H10S/c1-3-7-15-13(5-1)9-11-18-16-8-4-2-6-14(16)10-12-17(15)18;1-3-7-12-10(5-1)9-11-6-2-4-8-13(11)14-12/h1,3,5,7,9-12H,2,4,6,8H2;1-8H,9H2. The van der Waals surface area contributed by atoms with Gasteiger partial charge in [-0.2, -0.15) is 0 Å². The molecule has 5 aromatic rings. The van der Waals surface area contributed by atoms with E-state index in [4.69, 9.17) is 0 Å². The highest BCUT2D eigenvalue weighted by molar-refractivity contribution is 7.99. The number of rotatable bonds is 0. The first kappa shape index (κ1) is 19.6. The van der Waals surface area contributed by atoms with Crippen molar-refractivity contribution in [3.05, 3.63) is 119 Å². The molecule has 1 aliphatic carbocycles. The third-order valence-electron chi connectivity index (χ3n) is 6.80. The zero-order chi connectivity index (χ0) is 21.3. The smallest absolute Gasteiger partial charge is 0.0157 e. The fourth-order valence-corrected chi connectivity index (χ4v) is 6.24. The summed E-state index contributed by atoms with van der Waals surface area (Å²) >= 11 is 1.88. The Balaban J connectivity index is 0.000000126. The summed E-state index contributed by atoms with van der Waals surface area (Å²) in [5, 5.41) is 5.64. The van der Waals surface area contributed by atoms with Crippen LogP contribution < -0.4 is 0 Å². The van der Waals surface area contributed by atoms with E-state index in [1.54, 1.807) is 11.1 Å². The van der Waals surface area contributed by atoms with E-state index in [1.807, 2.05) is 11.8 Å². The summed E-state index contributed by atoms with van der Waals surface area (Å²) in [5.74, 6) is 0. The van der Waals surface area contributed by atoms with Gasteiger partial charge < -0.3 is 0 Å². The fourth-order valence-electron chi connectivity index (χ4n) is 5.17. The molecule has 1 heteroatoms. The summed E-state index contributed by atoms with van der Waals surface area (Å²) in [6.07, 6.45) is 6.30. The number of benzene rings is 5. The van der Waals surface area contributed by atoms with Gasteiger partial charge in [0.15, 0.2) is 0 Å². The van der Waals surface area contributed by atoms with Crippen molar-refractivity contribution in [2.24, 2.45) is 0 Å². The van der Waals surface area contributed by atoms with Gasteiger partial charge in [-0.1, -0.05) is 96.7 Å². The molecule has 0 amide bonds. The van der Waals surface area contributed by atoms with Gasteiger partial charge in [0.1, 0.15) is 0 Å². The zero-order valence-corrected chi connectivity index (χ0v) is 19.0. The summed E-state index contributed by atoms with van der Waals surface area (Å²) in [4.78, 5) is 2.82. The van der Waals surface area contributed by atoms with Gasteiger partial charge in [0.25, 0.3) is 0 Å². The molecule has 156 valence electrons. The van der Waals surface area contributed by atoms with Crippen molar-refractivity contribution in [1.29, 1.82) is 0 Å². The van der Waals surface area contributed by atoms with Gasteiger partial charge in [-0.05, 0) is 88.0 Å². The van der Waals surface area contributed by atoms with Crippen LogP contribution in [0.4, 0.5) is 0 Å². The van der Waals surface area contributed by atoms with Crippen molar-refractivity contribution in [2.75, 3.05) is 0 Å². The third kappa shape index (κ3) is 3.61. The minimum atomic E-state index is 1.08. The monoisotopic (exact) mass is 430 g/mol. The molecule has 5 aromatic carbocycles. The average Bonchev–Trinajstić information content (AvgIpc) is 2.87. The molecule has 0 saturated heterocycles. The summed E-state index contributed by atoms with van der Waals surface area (Å²) in [6.45, 7) is 0. The normalized spacial score (nSPS) is 14.1. The van der Waals surface area contributed by atoms with Crippen LogP contribution in [0.15, 0.2) is 107 Å². The van der Waals surface area contributed by atoms with E-state index in [9.17, 15) is 0 Å². The van der Waals surface area contributed by atoms with E-state index in [0.29, 0.717) is 0 Å². The van der Waals surface area contributed by atoms with Gasteiger partial charge in [0, 0.05) is 9.79 Å². The van der Waals surface area contributed by atoms with Gasteiger partial charge in [-0.25, -0.2) is 0 Å². The molecule has 1 aliphatic heterocycles. The maximum atomic E-state index is 2.35. The third-order valence-corrected chi connectivity index (χ3v) is 8.04. The second-order valence-electron chi connectivity index (χ2n) is 8.79. The topological polar surface area (TPSA) is 0 Å². The Bertz CT molecular complexity index is 1340. The molecule has 0 saturated carbocycles. The highest BCUT2D eigenvalue weighted by atomic mass is 32.2. The first-order chi connectivity index (χ1) is 15.9. The Hall–Kier alpha value is -3.03. The quantitative estimate of drug-likeness (QED) is 0.217. The predicted molar refractivity (Wildman–Crippen MR) is 138 cm³/mol. The maximum Gasteiger partial charge on any atom is 0.0157 e. The lowest BCUT2D eigenvalue weighted by atomic mass is 9.86. The number of hydrogen-bond donors (Lipinski definition) is 0. The van der Waals surface area contributed by atoms with Gasteiger partial charge in [-0.3, -0.25) is 0 Å². The van der Waals surface area contributed by atoms with Gasteiger partial charge in [0.2, 0.25) is 0 Å². The molecule has 0 fully saturated rings. The molecule has 7 rings (SSSR count). The average molecular weight is 431 g/mol. The summed E-state index contributed by atoms with van der Waals surface area (Å²) < 4.78 is 0. The largest absolute Gasteiger partial charge is 0.0895 e. The van der Waals surface area contributed by atoms with E-state index < -0.39 is 0 Å². The zero-order valence-electron chi connectivity index (χ0n) is 18.2. The van der Waals surface area contributed by atoms with E-state index in [1.165, 1.54) is 68.1 Å². The van der Waals surface area contributed by atoms with E-state index in [0.717, 1.165) is 6.42 Å². The van der Waals surface area contributed by atoms with Crippen molar-refractivity contribution in [3.63, 3.8) is 0 Å². The summed E-state index contributed by atoms with van der Waals surface area (Å²) in [7, 11) is 0. The van der Waals surface area contributed by atoms with Crippen molar-refractivity contribution in [1.82, 2.24) is 0 Å². The first-order valence-electron chi connectivity index (χ1n) is 11.6. The molecule has 0 nitrogen and oxygen atoms in total. The lowest BCUT2D eigenvalue weighted by molar-refractivity contribution is 0.690. The van der Waals surface area contributed by atoms with Crippen LogP contribution in [-0.2, 0) is 19.3 Å². The lowest BCUT2D eigenvalue weighted by Gasteiger charge is -2.18. The van der Waals surface area contributed by atoms with Crippen LogP contribution in [0.5, 0.6) is 0 Å². The first-order valence-corrected chi connectivity index (χ1v) is 12.4. The Kier molecular flexibility index (Phi) is 5.21. The van der Waals surface area contributed by atoms with Gasteiger partial charge in [0.05, 0.1) is 0 Å². The fraction of sp³-hybridized carbons (Fsp3) is 0.161. The number of aryl methyl sites for hydroxylation is 2. The molecule has 0 radical (unpaired) electrons. The molecule has 0 bridgehead atoms. The van der Waals surface area contributed by atoms with Crippen LogP contribution in [0.2, 0.25) is 0 Å². The Morgan fingerprint density at radius 2 is 1.12 bits per heavy atom. The summed E-state index contributed by atoms with van der Waals surface area (Å²) in [5.41, 5.74) is 6.08. The second kappa shape index (κ2) is 8.48. The number of hydrogen-bond acceptors (Lipinski definition) is 1. The van der Waals surface area contributed by atoms with Crippen LogP contribution in [0, 0.1) is 0 Å². The molecule has 0 N–H and O–H groups in total. The number of fused-ring (bicyclic) bond motifs is 7. The Morgan fingerprint density at radius 1 is 0.469 bits per heavy atom. The highest BCUT2D eigenvalue weighted by Crippen LogP contribution is 2.39. The van der Waals surface area contributed by atoms with Gasteiger partial charge >= 0.3 is 0 Å². The molecular formula is C31H26S. The predicted octanol–water partition coefficient (Wildman–Crippen LogP) is 8.61. The van der Waals surface area contributed by atoms with Crippen LogP contribution >= 0.6 is 11.8 Å². The molecular weight excluding hydrogens is 404 g/mol. The Morgan fingerprint density at radius 3 is 1.94 bits per heavy atom. The molecule has 0 spiro atoms. The van der Waals surface area contributed by atoms with Crippen LogP contribution in [-0.4, -0.2) is 0 Å². The van der Waals surface area contributed by atoms with Gasteiger partial charge in [-0.15, -0.1) is 0 Å². The van der Waals surface area contributed by atoms with Crippen molar-refractivity contribution < 1.29 is 0 Å². The van der Waals surface area contributed by atoms with Crippen molar-refractivity contribution >= 4 is 33.3 Å². The Labute approximate surface area is 194 Å². The molecule has 1 heterocycles. The van der Waals surface area contributed by atoms with E-state index in [2.05, 4.69) is 97.1 Å². The van der Waals surface area contributed by atoms with Crippen LogP contribution in [0.1, 0.15) is 35.1 Å². The van der Waals surface area contributed by atoms with Crippen LogP contribution in [0.25, 0.3) is 21.5 Å². The minimum absolute atomic E-state index is 1.08. The van der Waals surface area contributed by atoms with Crippen LogP contribution in [0.3, 0.4) is 0 Å². The SMILES string of the molecule is c1ccc2c(c1)Cc1ccccc1S2.c1ccc2c(c1)ccc1c3c(ccc12)CCCC3. The summed E-state index contributed by atoms with van der Waals surface area (Å²) in [6, 6.07) is 35.3. The van der Waals surface area contributed by atoms with Crippen molar-refractivity contribution in [2.45, 2.75) is 41.9 Å². The lowest BCUT2D eigenvalue weighted by Crippen LogP contribution is -2.02. The molecule has 0 unspecified atom stereocenters. The van der Waals surface area contributed by atoms with E-state index >= 15 is 0 Å². The molecule has 0 atom stereocenters. The highest BCUT2D eigenvalue weighted by Gasteiger charge is 2.14. The molecule has 0 aromatic heterocycles. The van der Waals surface area contributed by atoms with E-state index in [-0.39, 0.29) is 0 Å².